The molecule has 0 aromatic carbocycles. The van der Waals surface area contributed by atoms with Crippen molar-refractivity contribution < 1.29 is 14.3 Å². The fraction of sp³-hybridized carbons (Fsp3) is 0.750. The zero-order valence-electron chi connectivity index (χ0n) is 16.2. The van der Waals surface area contributed by atoms with Gasteiger partial charge in [0, 0.05) is 38.8 Å². The third-order valence-electron chi connectivity index (χ3n) is 6.64. The fourth-order valence-corrected chi connectivity index (χ4v) is 4.88. The van der Waals surface area contributed by atoms with E-state index in [0.717, 1.165) is 25.1 Å². The monoisotopic (exact) mass is 374 g/mol. The molecule has 0 bridgehead atoms. The molecule has 2 aliphatic heterocycles. The third kappa shape index (κ3) is 3.88. The van der Waals surface area contributed by atoms with E-state index in [-0.39, 0.29) is 17.2 Å². The maximum Gasteiger partial charge on any atom is 0.244 e. The van der Waals surface area contributed by atoms with Crippen LogP contribution in [0.15, 0.2) is 12.4 Å². The van der Waals surface area contributed by atoms with Gasteiger partial charge in [-0.05, 0) is 43.1 Å². The Morgan fingerprint density at radius 3 is 2.63 bits per heavy atom. The van der Waals surface area contributed by atoms with Crippen LogP contribution >= 0.6 is 0 Å². The normalized spacial score (nSPS) is 24.3. The number of amides is 2. The summed E-state index contributed by atoms with van der Waals surface area (Å²) < 4.78 is 7.06. The first-order valence-corrected chi connectivity index (χ1v) is 10.2. The van der Waals surface area contributed by atoms with Crippen LogP contribution in [0.25, 0.3) is 0 Å². The Labute approximate surface area is 160 Å². The number of likely N-dealkylation sites (tertiary alicyclic amines) is 1. The molecular formula is C20H30N4O3. The lowest BCUT2D eigenvalue weighted by atomic mass is 9.62. The van der Waals surface area contributed by atoms with E-state index in [1.807, 2.05) is 22.9 Å². The largest absolute Gasteiger partial charge is 0.378 e. The minimum absolute atomic E-state index is 0.145. The van der Waals surface area contributed by atoms with Crippen molar-refractivity contribution in [3.05, 3.63) is 18.0 Å². The number of rotatable bonds is 5. The zero-order valence-corrected chi connectivity index (χ0v) is 16.2. The second-order valence-electron chi connectivity index (χ2n) is 8.43. The standard InChI is InChI=1S/C20H30N4O3/c1-16-11-21-24(12-16)14-19(26)23-13-17(20(15-23)5-2-6-20)3-4-18(25)22-7-9-27-10-8-22/h11-12,17H,2-10,13-15H2,1H3. The minimum Gasteiger partial charge on any atom is -0.378 e. The van der Waals surface area contributed by atoms with Crippen LogP contribution in [0.2, 0.25) is 0 Å². The Morgan fingerprint density at radius 1 is 1.22 bits per heavy atom. The summed E-state index contributed by atoms with van der Waals surface area (Å²) in [6, 6.07) is 0. The SMILES string of the molecule is Cc1cnn(CC(=O)N2CC(CCC(=O)N3CCOCC3)C3(CCC3)C2)c1. The molecular weight excluding hydrogens is 344 g/mol. The van der Waals surface area contributed by atoms with Crippen molar-refractivity contribution in [3.63, 3.8) is 0 Å². The van der Waals surface area contributed by atoms with Gasteiger partial charge in [-0.25, -0.2) is 0 Å². The molecule has 3 fully saturated rings. The molecule has 7 nitrogen and oxygen atoms in total. The van der Waals surface area contributed by atoms with Gasteiger partial charge in [0.2, 0.25) is 11.8 Å². The van der Waals surface area contributed by atoms with Crippen LogP contribution in [-0.4, -0.2) is 70.8 Å². The maximum absolute atomic E-state index is 12.8. The molecule has 0 radical (unpaired) electrons. The van der Waals surface area contributed by atoms with Crippen LogP contribution in [0.3, 0.4) is 0 Å². The van der Waals surface area contributed by atoms with Crippen LogP contribution in [0.1, 0.15) is 37.7 Å². The lowest BCUT2D eigenvalue weighted by molar-refractivity contribution is -0.135. The summed E-state index contributed by atoms with van der Waals surface area (Å²) in [5.41, 5.74) is 1.32. The van der Waals surface area contributed by atoms with Crippen LogP contribution in [0.4, 0.5) is 0 Å². The van der Waals surface area contributed by atoms with E-state index < -0.39 is 0 Å². The lowest BCUT2D eigenvalue weighted by Crippen LogP contribution is -2.42. The van der Waals surface area contributed by atoms with E-state index in [0.29, 0.717) is 45.2 Å². The first-order valence-electron chi connectivity index (χ1n) is 10.2. The molecule has 0 N–H and O–H groups in total. The van der Waals surface area contributed by atoms with Crippen molar-refractivity contribution in [1.29, 1.82) is 0 Å². The highest BCUT2D eigenvalue weighted by Crippen LogP contribution is 2.53. The molecule has 2 saturated heterocycles. The molecule has 7 heteroatoms. The molecule has 1 atom stereocenters. The summed E-state index contributed by atoms with van der Waals surface area (Å²) in [6.07, 6.45) is 8.79. The number of aromatic nitrogens is 2. The average molecular weight is 374 g/mol. The number of hydrogen-bond acceptors (Lipinski definition) is 4. The molecule has 1 unspecified atom stereocenters. The van der Waals surface area contributed by atoms with Gasteiger partial charge in [0.1, 0.15) is 6.54 Å². The second kappa shape index (κ2) is 7.62. The van der Waals surface area contributed by atoms with E-state index in [4.69, 9.17) is 4.74 Å². The van der Waals surface area contributed by atoms with E-state index in [9.17, 15) is 9.59 Å². The number of carbonyl (C=O) groups is 2. The van der Waals surface area contributed by atoms with Crippen molar-refractivity contribution in [2.24, 2.45) is 11.3 Å². The van der Waals surface area contributed by atoms with E-state index >= 15 is 0 Å². The van der Waals surface area contributed by atoms with Gasteiger partial charge in [0.15, 0.2) is 0 Å². The highest BCUT2D eigenvalue weighted by atomic mass is 16.5. The van der Waals surface area contributed by atoms with E-state index in [2.05, 4.69) is 5.10 Å². The number of hydrogen-bond donors (Lipinski definition) is 0. The number of morpholine rings is 1. The molecule has 1 saturated carbocycles. The molecule has 2 amide bonds. The first-order chi connectivity index (χ1) is 13.1. The van der Waals surface area contributed by atoms with Crippen molar-refractivity contribution in [2.45, 2.75) is 45.6 Å². The van der Waals surface area contributed by atoms with Crippen molar-refractivity contribution >= 4 is 11.8 Å². The Balaban J connectivity index is 1.33. The van der Waals surface area contributed by atoms with Gasteiger partial charge in [0.25, 0.3) is 0 Å². The summed E-state index contributed by atoms with van der Waals surface area (Å²) >= 11 is 0. The molecule has 4 rings (SSSR count). The quantitative estimate of drug-likeness (QED) is 0.783. The van der Waals surface area contributed by atoms with Crippen LogP contribution in [0, 0.1) is 18.3 Å². The smallest absolute Gasteiger partial charge is 0.244 e. The Bertz CT molecular complexity index is 691. The second-order valence-corrected chi connectivity index (χ2v) is 8.43. The molecule has 148 valence electrons. The van der Waals surface area contributed by atoms with Crippen molar-refractivity contribution in [2.75, 3.05) is 39.4 Å². The number of nitrogens with zero attached hydrogens (tertiary/aromatic N) is 4. The lowest BCUT2D eigenvalue weighted by Gasteiger charge is -2.43. The number of carbonyl (C=O) groups excluding carboxylic acids is 2. The van der Waals surface area contributed by atoms with Crippen molar-refractivity contribution in [1.82, 2.24) is 19.6 Å². The van der Waals surface area contributed by atoms with Gasteiger partial charge >= 0.3 is 0 Å². The Morgan fingerprint density at radius 2 is 2.00 bits per heavy atom. The van der Waals surface area contributed by atoms with Gasteiger partial charge < -0.3 is 14.5 Å². The van der Waals surface area contributed by atoms with Crippen molar-refractivity contribution in [3.8, 4) is 0 Å². The van der Waals surface area contributed by atoms with Gasteiger partial charge in [-0.15, -0.1) is 0 Å². The molecule has 3 heterocycles. The Hall–Kier alpha value is -1.89. The summed E-state index contributed by atoms with van der Waals surface area (Å²) in [7, 11) is 0. The van der Waals surface area contributed by atoms with E-state index in [1.54, 1.807) is 10.9 Å². The van der Waals surface area contributed by atoms with Gasteiger partial charge in [-0.3, -0.25) is 14.3 Å². The van der Waals surface area contributed by atoms with Gasteiger partial charge in [-0.1, -0.05) is 6.42 Å². The fourth-order valence-electron chi connectivity index (χ4n) is 4.88. The summed E-state index contributed by atoms with van der Waals surface area (Å²) in [5, 5.41) is 4.24. The minimum atomic E-state index is 0.145. The van der Waals surface area contributed by atoms with Crippen LogP contribution in [-0.2, 0) is 20.9 Å². The van der Waals surface area contributed by atoms with Crippen LogP contribution in [0.5, 0.6) is 0 Å². The van der Waals surface area contributed by atoms with Gasteiger partial charge in [0.05, 0.1) is 19.4 Å². The first kappa shape index (κ1) is 18.5. The molecule has 1 aliphatic carbocycles. The number of ether oxygens (including phenoxy) is 1. The maximum atomic E-state index is 12.8. The molecule has 1 spiro atoms. The molecule has 1 aromatic rings. The highest BCUT2D eigenvalue weighted by Gasteiger charge is 2.51. The molecule has 27 heavy (non-hydrogen) atoms. The number of aryl methyl sites for hydroxylation is 1. The summed E-state index contributed by atoms with van der Waals surface area (Å²) in [6.45, 7) is 6.64. The van der Waals surface area contributed by atoms with Gasteiger partial charge in [-0.2, -0.15) is 5.10 Å². The predicted octanol–water partition coefficient (Wildman–Crippen LogP) is 1.46. The zero-order chi connectivity index (χ0) is 18.9. The predicted molar refractivity (Wildman–Crippen MR) is 100.0 cm³/mol. The topological polar surface area (TPSA) is 67.7 Å². The molecule has 3 aliphatic rings. The Kier molecular flexibility index (Phi) is 5.21. The average Bonchev–Trinajstić information content (AvgIpc) is 3.24. The summed E-state index contributed by atoms with van der Waals surface area (Å²) in [4.78, 5) is 29.2. The van der Waals surface area contributed by atoms with Crippen LogP contribution < -0.4 is 0 Å². The third-order valence-corrected chi connectivity index (χ3v) is 6.64. The molecule has 1 aromatic heterocycles. The summed E-state index contributed by atoms with van der Waals surface area (Å²) in [5.74, 6) is 0.829. The highest BCUT2D eigenvalue weighted by molar-refractivity contribution is 5.77. The van der Waals surface area contributed by atoms with E-state index in [1.165, 1.54) is 19.3 Å².